The summed E-state index contributed by atoms with van der Waals surface area (Å²) in [6, 6.07) is 10.6. The Balaban J connectivity index is 2.15. The van der Waals surface area contributed by atoms with Gasteiger partial charge in [-0.25, -0.2) is 14.8 Å². The number of aromatic nitrogens is 3. The van der Waals surface area contributed by atoms with Gasteiger partial charge in [0.15, 0.2) is 5.82 Å². The first-order chi connectivity index (χ1) is 11.0. The number of aromatic carboxylic acids is 1. The van der Waals surface area contributed by atoms with Crippen LogP contribution in [0.1, 0.15) is 10.5 Å². The van der Waals surface area contributed by atoms with Crippen molar-refractivity contribution in [3.8, 4) is 11.4 Å². The number of nitrogens with one attached hydrogen (secondary N) is 2. The van der Waals surface area contributed by atoms with E-state index in [1.807, 2.05) is 30.3 Å². The highest BCUT2D eigenvalue weighted by Gasteiger charge is 2.15. The van der Waals surface area contributed by atoms with Gasteiger partial charge in [0.2, 0.25) is 5.91 Å². The minimum atomic E-state index is -1.11. The number of carbonyl (C=O) groups excluding carboxylic acids is 1. The molecule has 0 spiro atoms. The number of hydrogen-bond acceptors (Lipinski definition) is 5. The van der Waals surface area contributed by atoms with Crippen LogP contribution >= 0.6 is 0 Å². The molecule has 0 saturated heterocycles. The molecular formula is C15H13N5O3. The van der Waals surface area contributed by atoms with E-state index < -0.39 is 11.9 Å². The number of aromatic amines is 1. The number of anilines is 1. The van der Waals surface area contributed by atoms with Gasteiger partial charge in [0.25, 0.3) is 0 Å². The second-order valence-corrected chi connectivity index (χ2v) is 4.83. The molecule has 2 heterocycles. The second kappa shape index (κ2) is 5.76. The normalized spacial score (nSPS) is 10.6. The van der Waals surface area contributed by atoms with E-state index in [1.165, 1.54) is 6.07 Å². The summed E-state index contributed by atoms with van der Waals surface area (Å²) >= 11 is 0. The predicted molar refractivity (Wildman–Crippen MR) is 84.0 cm³/mol. The summed E-state index contributed by atoms with van der Waals surface area (Å²) in [4.78, 5) is 33.6. The van der Waals surface area contributed by atoms with E-state index >= 15 is 0 Å². The van der Waals surface area contributed by atoms with Gasteiger partial charge in [-0.1, -0.05) is 30.3 Å². The van der Waals surface area contributed by atoms with Crippen molar-refractivity contribution >= 4 is 28.7 Å². The van der Waals surface area contributed by atoms with Crippen molar-refractivity contribution < 1.29 is 14.7 Å². The lowest BCUT2D eigenvalue weighted by Gasteiger charge is -2.07. The summed E-state index contributed by atoms with van der Waals surface area (Å²) in [5.74, 6) is -0.905. The smallest absolute Gasteiger partial charge is 0.352 e. The second-order valence-electron chi connectivity index (χ2n) is 4.83. The first-order valence-electron chi connectivity index (χ1n) is 6.76. The molecule has 23 heavy (non-hydrogen) atoms. The highest BCUT2D eigenvalue weighted by molar-refractivity contribution is 5.97. The zero-order chi connectivity index (χ0) is 16.4. The van der Waals surface area contributed by atoms with E-state index in [-0.39, 0.29) is 12.2 Å². The van der Waals surface area contributed by atoms with Crippen molar-refractivity contribution in [1.29, 1.82) is 0 Å². The van der Waals surface area contributed by atoms with Gasteiger partial charge < -0.3 is 21.1 Å². The summed E-state index contributed by atoms with van der Waals surface area (Å²) in [6.45, 7) is -0.117. The van der Waals surface area contributed by atoms with Crippen LogP contribution in [0.2, 0.25) is 0 Å². The van der Waals surface area contributed by atoms with Crippen molar-refractivity contribution in [2.24, 2.45) is 5.73 Å². The van der Waals surface area contributed by atoms with Gasteiger partial charge >= 0.3 is 5.97 Å². The fourth-order valence-corrected chi connectivity index (χ4v) is 2.15. The first kappa shape index (κ1) is 14.5. The zero-order valence-corrected chi connectivity index (χ0v) is 11.9. The number of carboxylic acid groups (broad SMARTS) is 1. The molecule has 3 aromatic rings. The lowest BCUT2D eigenvalue weighted by molar-refractivity contribution is -0.116. The number of carboxylic acids is 1. The number of rotatable bonds is 5. The van der Waals surface area contributed by atoms with Gasteiger partial charge in [-0.2, -0.15) is 0 Å². The minimum Gasteiger partial charge on any atom is -0.477 e. The Morgan fingerprint density at radius 3 is 2.61 bits per heavy atom. The number of amides is 1. The number of H-pyrrole nitrogens is 1. The van der Waals surface area contributed by atoms with E-state index in [1.54, 1.807) is 0 Å². The summed E-state index contributed by atoms with van der Waals surface area (Å²) < 4.78 is 0. The summed E-state index contributed by atoms with van der Waals surface area (Å²) in [6.07, 6.45) is 0. The molecule has 0 aliphatic heterocycles. The Hall–Kier alpha value is -3.42. The molecule has 0 atom stereocenters. The third kappa shape index (κ3) is 2.95. The molecule has 0 fully saturated rings. The Morgan fingerprint density at radius 1 is 1.22 bits per heavy atom. The molecule has 0 bridgehead atoms. The Morgan fingerprint density at radius 2 is 1.96 bits per heavy atom. The van der Waals surface area contributed by atoms with E-state index in [0.29, 0.717) is 22.7 Å². The van der Waals surface area contributed by atoms with Crippen LogP contribution in [0.15, 0.2) is 36.4 Å². The molecule has 0 aliphatic carbocycles. The van der Waals surface area contributed by atoms with E-state index in [2.05, 4.69) is 20.3 Å². The molecule has 3 rings (SSSR count). The number of fused-ring (bicyclic) bond motifs is 1. The van der Waals surface area contributed by atoms with Crippen LogP contribution in [0.4, 0.5) is 5.82 Å². The summed E-state index contributed by atoms with van der Waals surface area (Å²) in [5, 5.41) is 12.4. The highest BCUT2D eigenvalue weighted by Crippen LogP contribution is 2.25. The quantitative estimate of drug-likeness (QED) is 0.559. The molecule has 0 aliphatic rings. The van der Waals surface area contributed by atoms with Crippen LogP contribution in [-0.2, 0) is 4.79 Å². The Bertz CT molecular complexity index is 889. The van der Waals surface area contributed by atoms with Crippen molar-refractivity contribution in [1.82, 2.24) is 15.0 Å². The van der Waals surface area contributed by atoms with E-state index in [0.717, 1.165) is 5.56 Å². The molecule has 2 aromatic heterocycles. The molecule has 116 valence electrons. The molecule has 1 amide bonds. The summed E-state index contributed by atoms with van der Waals surface area (Å²) in [5.41, 5.74) is 6.26. The largest absolute Gasteiger partial charge is 0.477 e. The van der Waals surface area contributed by atoms with E-state index in [9.17, 15) is 9.59 Å². The van der Waals surface area contributed by atoms with Gasteiger partial charge in [0.1, 0.15) is 17.2 Å². The predicted octanol–water partition coefficient (Wildman–Crippen LogP) is 1.22. The van der Waals surface area contributed by atoms with Gasteiger partial charge in [0, 0.05) is 5.56 Å². The average Bonchev–Trinajstić information content (AvgIpc) is 2.97. The van der Waals surface area contributed by atoms with Crippen LogP contribution in [0.25, 0.3) is 22.4 Å². The number of hydrogen-bond donors (Lipinski definition) is 4. The van der Waals surface area contributed by atoms with Crippen molar-refractivity contribution in [3.05, 3.63) is 42.1 Å². The molecule has 8 heteroatoms. The molecule has 0 saturated carbocycles. The van der Waals surface area contributed by atoms with Crippen LogP contribution in [-0.4, -0.2) is 38.5 Å². The molecule has 1 aromatic carbocycles. The first-order valence-corrected chi connectivity index (χ1v) is 6.76. The maximum absolute atomic E-state index is 11.1. The van der Waals surface area contributed by atoms with Crippen molar-refractivity contribution in [2.75, 3.05) is 11.9 Å². The van der Waals surface area contributed by atoms with E-state index in [4.69, 9.17) is 10.8 Å². The molecular weight excluding hydrogens is 298 g/mol. The van der Waals surface area contributed by atoms with Gasteiger partial charge in [0.05, 0.1) is 11.9 Å². The van der Waals surface area contributed by atoms with Crippen LogP contribution in [0, 0.1) is 0 Å². The monoisotopic (exact) mass is 311 g/mol. The van der Waals surface area contributed by atoms with Crippen LogP contribution < -0.4 is 11.1 Å². The van der Waals surface area contributed by atoms with Crippen molar-refractivity contribution in [2.45, 2.75) is 0 Å². The lowest BCUT2D eigenvalue weighted by atomic mass is 10.2. The SMILES string of the molecule is NC(=O)CNc1nc(-c2ccccc2)nc2[nH]c(C(=O)O)cc12. The Labute approximate surface area is 130 Å². The third-order valence-corrected chi connectivity index (χ3v) is 3.18. The molecule has 8 nitrogen and oxygen atoms in total. The fourth-order valence-electron chi connectivity index (χ4n) is 2.15. The number of carbonyl (C=O) groups is 2. The zero-order valence-electron chi connectivity index (χ0n) is 11.9. The maximum Gasteiger partial charge on any atom is 0.352 e. The molecule has 0 radical (unpaired) electrons. The van der Waals surface area contributed by atoms with Crippen molar-refractivity contribution in [3.63, 3.8) is 0 Å². The van der Waals surface area contributed by atoms with Crippen LogP contribution in [0.3, 0.4) is 0 Å². The molecule has 5 N–H and O–H groups in total. The number of benzene rings is 1. The standard InChI is InChI=1S/C15H13N5O3/c16-11(21)7-17-13-9-6-10(15(22)23)18-14(9)20-12(19-13)8-4-2-1-3-5-8/h1-6H,7H2,(H2,16,21)(H,22,23)(H2,17,18,19,20). The summed E-state index contributed by atoms with van der Waals surface area (Å²) in [7, 11) is 0. The molecule has 0 unspecified atom stereocenters. The number of nitrogens with two attached hydrogens (primary N) is 1. The van der Waals surface area contributed by atoms with Gasteiger partial charge in [-0.15, -0.1) is 0 Å². The number of nitrogens with zero attached hydrogens (tertiary/aromatic N) is 2. The maximum atomic E-state index is 11.1. The lowest BCUT2D eigenvalue weighted by Crippen LogP contribution is -2.22. The topological polar surface area (TPSA) is 134 Å². The fraction of sp³-hybridized carbons (Fsp3) is 0.0667. The Kier molecular flexibility index (Phi) is 3.63. The third-order valence-electron chi connectivity index (χ3n) is 3.18. The van der Waals surface area contributed by atoms with Crippen LogP contribution in [0.5, 0.6) is 0 Å². The highest BCUT2D eigenvalue weighted by atomic mass is 16.4. The minimum absolute atomic E-state index is 0.0124. The van der Waals surface area contributed by atoms with Gasteiger partial charge in [-0.05, 0) is 6.07 Å². The number of primary amides is 1. The average molecular weight is 311 g/mol. The van der Waals surface area contributed by atoms with Gasteiger partial charge in [-0.3, -0.25) is 4.79 Å².